The molecule has 0 amide bonds. The third kappa shape index (κ3) is 4.51. The third-order valence-corrected chi connectivity index (χ3v) is 5.07. The van der Waals surface area contributed by atoms with Crippen molar-refractivity contribution in [3.05, 3.63) is 36.4 Å². The highest BCUT2D eigenvalue weighted by Gasteiger charge is 2.10. The fourth-order valence-electron chi connectivity index (χ4n) is 3.23. The van der Waals surface area contributed by atoms with Crippen molar-refractivity contribution in [2.24, 2.45) is 0 Å². The molecule has 1 aromatic heterocycles. The van der Waals surface area contributed by atoms with Crippen LogP contribution in [0, 0.1) is 0 Å². The van der Waals surface area contributed by atoms with Crippen LogP contribution < -0.4 is 9.47 Å². The summed E-state index contributed by atoms with van der Waals surface area (Å²) < 4.78 is 17.2. The van der Waals surface area contributed by atoms with E-state index in [9.17, 15) is 0 Å². The van der Waals surface area contributed by atoms with E-state index in [2.05, 4.69) is 18.7 Å². The van der Waals surface area contributed by atoms with Crippen LogP contribution in [0.25, 0.3) is 22.1 Å². The zero-order valence-electron chi connectivity index (χ0n) is 16.6. The van der Waals surface area contributed by atoms with Gasteiger partial charge in [0.15, 0.2) is 0 Å². The Hall–Kier alpha value is -2.44. The lowest BCUT2D eigenvalue weighted by molar-refractivity contribution is 0.0322. The van der Waals surface area contributed by atoms with Crippen molar-refractivity contribution in [1.29, 1.82) is 0 Å². The molecule has 1 unspecified atom stereocenters. The molecule has 2 aromatic carbocycles. The molecule has 0 aliphatic carbocycles. The molecule has 4 rings (SSSR count). The van der Waals surface area contributed by atoms with E-state index in [-0.39, 0.29) is 6.10 Å². The van der Waals surface area contributed by atoms with E-state index in [1.807, 2.05) is 36.4 Å². The van der Waals surface area contributed by atoms with Gasteiger partial charge >= 0.3 is 0 Å². The van der Waals surface area contributed by atoms with Crippen LogP contribution in [0.4, 0.5) is 0 Å². The fraction of sp³-hybridized carbons (Fsp3) is 0.455. The smallest absolute Gasteiger partial charge is 0.122 e. The number of benzene rings is 2. The zero-order chi connectivity index (χ0) is 19.3. The first kappa shape index (κ1) is 18.9. The summed E-state index contributed by atoms with van der Waals surface area (Å²) in [6.45, 7) is 9.29. The Labute approximate surface area is 165 Å². The minimum absolute atomic E-state index is 0.178. The molecule has 1 fully saturated rings. The van der Waals surface area contributed by atoms with Gasteiger partial charge in [0.1, 0.15) is 18.1 Å². The maximum atomic E-state index is 5.94. The molecule has 0 saturated carbocycles. The molecular formula is C22H27N3O3. The van der Waals surface area contributed by atoms with Crippen molar-refractivity contribution in [2.45, 2.75) is 26.4 Å². The summed E-state index contributed by atoms with van der Waals surface area (Å²) in [6, 6.07) is 11.8. The topological polar surface area (TPSA) is 56.7 Å². The van der Waals surface area contributed by atoms with E-state index in [0.717, 1.165) is 72.8 Å². The molecule has 2 heterocycles. The zero-order valence-corrected chi connectivity index (χ0v) is 16.6. The van der Waals surface area contributed by atoms with Crippen LogP contribution in [-0.2, 0) is 4.74 Å². The number of morpholine rings is 1. The molecule has 1 aliphatic heterocycles. The Balaban J connectivity index is 1.49. The molecule has 1 saturated heterocycles. The summed E-state index contributed by atoms with van der Waals surface area (Å²) in [6.07, 6.45) is 1.14. The summed E-state index contributed by atoms with van der Waals surface area (Å²) in [5.74, 6) is 1.65. The Morgan fingerprint density at radius 2 is 1.61 bits per heavy atom. The predicted octanol–water partition coefficient (Wildman–Crippen LogP) is 3.67. The van der Waals surface area contributed by atoms with Gasteiger partial charge < -0.3 is 14.2 Å². The summed E-state index contributed by atoms with van der Waals surface area (Å²) in [5, 5.41) is 0. The van der Waals surface area contributed by atoms with E-state index in [1.54, 1.807) is 0 Å². The molecule has 6 nitrogen and oxygen atoms in total. The van der Waals surface area contributed by atoms with Crippen molar-refractivity contribution in [3.8, 4) is 11.5 Å². The Morgan fingerprint density at radius 3 is 2.32 bits per heavy atom. The first-order valence-electron chi connectivity index (χ1n) is 10.0. The monoisotopic (exact) mass is 381 g/mol. The Kier molecular flexibility index (Phi) is 5.88. The maximum Gasteiger partial charge on any atom is 0.122 e. The summed E-state index contributed by atoms with van der Waals surface area (Å²) in [5.41, 5.74) is 3.39. The molecule has 148 valence electrons. The van der Waals surface area contributed by atoms with Gasteiger partial charge in [0.25, 0.3) is 0 Å². The van der Waals surface area contributed by atoms with E-state index >= 15 is 0 Å². The SMILES string of the molecule is CCC(C)Oc1ccc2nc3ccc(OCCN4CCOCC4)cc3nc2c1. The second-order valence-corrected chi connectivity index (χ2v) is 7.16. The van der Waals surface area contributed by atoms with E-state index < -0.39 is 0 Å². The molecule has 6 heteroatoms. The summed E-state index contributed by atoms with van der Waals surface area (Å²) >= 11 is 0. The number of aromatic nitrogens is 2. The molecule has 0 bridgehead atoms. The molecule has 3 aromatic rings. The number of ether oxygens (including phenoxy) is 3. The van der Waals surface area contributed by atoms with Gasteiger partial charge in [-0.3, -0.25) is 4.90 Å². The van der Waals surface area contributed by atoms with Crippen LogP contribution in [0.2, 0.25) is 0 Å². The number of hydrogen-bond donors (Lipinski definition) is 0. The van der Waals surface area contributed by atoms with Gasteiger partial charge in [0.2, 0.25) is 0 Å². The van der Waals surface area contributed by atoms with Crippen LogP contribution >= 0.6 is 0 Å². The number of nitrogens with zero attached hydrogens (tertiary/aromatic N) is 3. The van der Waals surface area contributed by atoms with Crippen molar-refractivity contribution < 1.29 is 14.2 Å². The molecule has 0 N–H and O–H groups in total. The standard InChI is InChI=1S/C22H27N3O3/c1-3-16(2)28-18-5-7-20-22(15-18)24-21-14-17(4-6-19(21)23-20)27-13-10-25-8-11-26-12-9-25/h4-7,14-16H,3,8-13H2,1-2H3. The van der Waals surface area contributed by atoms with E-state index in [1.165, 1.54) is 0 Å². The van der Waals surface area contributed by atoms with Crippen molar-refractivity contribution in [2.75, 3.05) is 39.5 Å². The highest BCUT2D eigenvalue weighted by Crippen LogP contribution is 2.24. The number of fused-ring (bicyclic) bond motifs is 2. The van der Waals surface area contributed by atoms with Crippen LogP contribution in [-0.4, -0.2) is 60.4 Å². The van der Waals surface area contributed by atoms with Crippen molar-refractivity contribution in [3.63, 3.8) is 0 Å². The minimum atomic E-state index is 0.178. The van der Waals surface area contributed by atoms with Gasteiger partial charge in [-0.2, -0.15) is 0 Å². The maximum absolute atomic E-state index is 5.94. The molecular weight excluding hydrogens is 354 g/mol. The van der Waals surface area contributed by atoms with Crippen LogP contribution in [0.15, 0.2) is 36.4 Å². The second kappa shape index (κ2) is 8.71. The van der Waals surface area contributed by atoms with E-state index in [4.69, 9.17) is 24.2 Å². The van der Waals surface area contributed by atoms with Crippen LogP contribution in [0.5, 0.6) is 11.5 Å². The minimum Gasteiger partial charge on any atom is -0.492 e. The first-order chi connectivity index (χ1) is 13.7. The van der Waals surface area contributed by atoms with Gasteiger partial charge in [-0.1, -0.05) is 6.92 Å². The lowest BCUT2D eigenvalue weighted by Crippen LogP contribution is -2.38. The van der Waals surface area contributed by atoms with Crippen LogP contribution in [0.3, 0.4) is 0 Å². The number of hydrogen-bond acceptors (Lipinski definition) is 6. The normalized spacial score (nSPS) is 16.4. The Morgan fingerprint density at radius 1 is 0.964 bits per heavy atom. The first-order valence-corrected chi connectivity index (χ1v) is 10.0. The van der Waals surface area contributed by atoms with Gasteiger partial charge in [0.05, 0.1) is 41.4 Å². The second-order valence-electron chi connectivity index (χ2n) is 7.16. The molecule has 1 atom stereocenters. The Bertz CT molecular complexity index is 941. The van der Waals surface area contributed by atoms with Gasteiger partial charge in [-0.05, 0) is 37.6 Å². The molecule has 0 spiro atoms. The lowest BCUT2D eigenvalue weighted by atomic mass is 10.2. The van der Waals surface area contributed by atoms with Crippen molar-refractivity contribution >= 4 is 22.1 Å². The highest BCUT2D eigenvalue weighted by atomic mass is 16.5. The summed E-state index contributed by atoms with van der Waals surface area (Å²) in [7, 11) is 0. The van der Waals surface area contributed by atoms with Crippen molar-refractivity contribution in [1.82, 2.24) is 14.9 Å². The average molecular weight is 381 g/mol. The molecule has 0 radical (unpaired) electrons. The predicted molar refractivity (Wildman–Crippen MR) is 110 cm³/mol. The van der Waals surface area contributed by atoms with Gasteiger partial charge in [-0.25, -0.2) is 9.97 Å². The quantitative estimate of drug-likeness (QED) is 0.582. The molecule has 28 heavy (non-hydrogen) atoms. The lowest BCUT2D eigenvalue weighted by Gasteiger charge is -2.26. The average Bonchev–Trinajstić information content (AvgIpc) is 2.73. The molecule has 1 aliphatic rings. The van der Waals surface area contributed by atoms with E-state index in [0.29, 0.717) is 6.61 Å². The highest BCUT2D eigenvalue weighted by molar-refractivity contribution is 5.87. The van der Waals surface area contributed by atoms with Gasteiger partial charge in [-0.15, -0.1) is 0 Å². The fourth-order valence-corrected chi connectivity index (χ4v) is 3.23. The summed E-state index contributed by atoms with van der Waals surface area (Å²) in [4.78, 5) is 11.9. The third-order valence-electron chi connectivity index (χ3n) is 5.07. The largest absolute Gasteiger partial charge is 0.492 e. The van der Waals surface area contributed by atoms with Crippen LogP contribution in [0.1, 0.15) is 20.3 Å². The number of rotatable bonds is 7. The van der Waals surface area contributed by atoms with Gasteiger partial charge in [0, 0.05) is 31.8 Å².